The largest absolute Gasteiger partial charge is 0.460 e. The van der Waals surface area contributed by atoms with Crippen molar-refractivity contribution < 1.29 is 9.53 Å². The van der Waals surface area contributed by atoms with Crippen LogP contribution in [0.4, 0.5) is 0 Å². The van der Waals surface area contributed by atoms with E-state index in [-0.39, 0.29) is 12.1 Å². The highest BCUT2D eigenvalue weighted by Gasteiger charge is 2.25. The number of ether oxygens (including phenoxy) is 1. The van der Waals surface area contributed by atoms with Gasteiger partial charge < -0.3 is 10.1 Å². The van der Waals surface area contributed by atoms with E-state index in [1.807, 2.05) is 6.92 Å². The lowest BCUT2D eigenvalue weighted by Crippen LogP contribution is -2.49. The Morgan fingerprint density at radius 1 is 1.54 bits per heavy atom. The Kier molecular flexibility index (Phi) is 4.22. The van der Waals surface area contributed by atoms with Crippen LogP contribution in [0.25, 0.3) is 0 Å². The Morgan fingerprint density at radius 3 is 2.92 bits per heavy atom. The molecule has 0 radical (unpaired) electrons. The number of hydrogen-bond acceptors (Lipinski definition) is 3. The maximum absolute atomic E-state index is 10.9. The summed E-state index contributed by atoms with van der Waals surface area (Å²) in [5, 5.41) is 3.20. The maximum Gasteiger partial charge on any atom is 0.320 e. The molecule has 0 aromatic rings. The molecule has 1 fully saturated rings. The lowest BCUT2D eigenvalue weighted by Gasteiger charge is -2.29. The average molecular weight is 185 g/mol. The van der Waals surface area contributed by atoms with Crippen molar-refractivity contribution in [1.82, 2.24) is 5.32 Å². The fraction of sp³-hybridized carbons (Fsp3) is 0.900. The van der Waals surface area contributed by atoms with Gasteiger partial charge in [-0.15, -0.1) is 0 Å². The molecule has 2 atom stereocenters. The maximum atomic E-state index is 10.9. The number of rotatable bonds is 4. The number of nitrogens with one attached hydrogen (secondary N) is 1. The minimum absolute atomic E-state index is 0.0399. The predicted octanol–water partition coefficient (Wildman–Crippen LogP) is 1.47. The molecule has 13 heavy (non-hydrogen) atoms. The van der Waals surface area contributed by atoms with E-state index in [1.54, 1.807) is 0 Å². The quantitative estimate of drug-likeness (QED) is 0.532. The Balaban J connectivity index is 2.21. The van der Waals surface area contributed by atoms with Gasteiger partial charge in [-0.25, -0.2) is 0 Å². The summed E-state index contributed by atoms with van der Waals surface area (Å²) in [4.78, 5) is 10.9. The third-order valence-electron chi connectivity index (χ3n) is 2.51. The second-order valence-corrected chi connectivity index (χ2v) is 3.68. The number of carbonyl (C=O) groups excluding carboxylic acids is 1. The van der Waals surface area contributed by atoms with Crippen molar-refractivity contribution in [2.45, 2.75) is 51.7 Å². The minimum Gasteiger partial charge on any atom is -0.460 e. The molecule has 1 aliphatic heterocycles. The first-order valence-corrected chi connectivity index (χ1v) is 5.17. The fourth-order valence-electron chi connectivity index (χ4n) is 1.66. The highest BCUT2D eigenvalue weighted by atomic mass is 16.5. The summed E-state index contributed by atoms with van der Waals surface area (Å²) in [5.41, 5.74) is 0. The zero-order valence-electron chi connectivity index (χ0n) is 8.51. The monoisotopic (exact) mass is 185 g/mol. The fourth-order valence-corrected chi connectivity index (χ4v) is 1.66. The summed E-state index contributed by atoms with van der Waals surface area (Å²) in [7, 11) is 0. The van der Waals surface area contributed by atoms with Crippen molar-refractivity contribution in [1.29, 1.82) is 0 Å². The van der Waals surface area contributed by atoms with E-state index in [0.717, 1.165) is 6.42 Å². The normalized spacial score (nSPS) is 28.6. The van der Waals surface area contributed by atoms with Crippen LogP contribution >= 0.6 is 0 Å². The number of unbranched alkanes of at least 4 members (excludes halogenated alkanes) is 2. The second kappa shape index (κ2) is 5.22. The predicted molar refractivity (Wildman–Crippen MR) is 51.5 cm³/mol. The van der Waals surface area contributed by atoms with Crippen molar-refractivity contribution in [2.24, 2.45) is 0 Å². The molecule has 0 aliphatic carbocycles. The topological polar surface area (TPSA) is 38.3 Å². The van der Waals surface area contributed by atoms with Crippen molar-refractivity contribution in [3.63, 3.8) is 0 Å². The SMILES string of the molecule is CCCCCC1NCC(=O)OC1C. The van der Waals surface area contributed by atoms with Gasteiger partial charge in [0.25, 0.3) is 0 Å². The molecular weight excluding hydrogens is 166 g/mol. The number of esters is 1. The van der Waals surface area contributed by atoms with Crippen LogP contribution in [-0.2, 0) is 9.53 Å². The standard InChI is InChI=1S/C10H19NO2/c1-3-4-5-6-9-8(2)13-10(12)7-11-9/h8-9,11H,3-7H2,1-2H3. The summed E-state index contributed by atoms with van der Waals surface area (Å²) >= 11 is 0. The molecule has 2 unspecified atom stereocenters. The van der Waals surface area contributed by atoms with E-state index in [4.69, 9.17) is 4.74 Å². The van der Waals surface area contributed by atoms with Crippen molar-refractivity contribution in [2.75, 3.05) is 6.54 Å². The summed E-state index contributed by atoms with van der Waals surface area (Å²) < 4.78 is 5.13. The number of hydrogen-bond donors (Lipinski definition) is 1. The van der Waals surface area contributed by atoms with Gasteiger partial charge in [0.2, 0.25) is 0 Å². The van der Waals surface area contributed by atoms with E-state index >= 15 is 0 Å². The molecule has 1 N–H and O–H groups in total. The van der Waals surface area contributed by atoms with Crippen LogP contribution in [0.15, 0.2) is 0 Å². The van der Waals surface area contributed by atoms with Crippen molar-refractivity contribution in [3.8, 4) is 0 Å². The summed E-state index contributed by atoms with van der Waals surface area (Å²) in [6.45, 7) is 4.53. The van der Waals surface area contributed by atoms with Gasteiger partial charge in [-0.05, 0) is 13.3 Å². The zero-order valence-corrected chi connectivity index (χ0v) is 8.51. The van der Waals surface area contributed by atoms with Gasteiger partial charge in [-0.3, -0.25) is 4.79 Å². The lowest BCUT2D eigenvalue weighted by atomic mass is 10.0. The van der Waals surface area contributed by atoms with E-state index < -0.39 is 0 Å². The van der Waals surface area contributed by atoms with Gasteiger partial charge in [0, 0.05) is 6.04 Å². The second-order valence-electron chi connectivity index (χ2n) is 3.68. The van der Waals surface area contributed by atoms with Crippen LogP contribution in [0.3, 0.4) is 0 Å². The van der Waals surface area contributed by atoms with Gasteiger partial charge >= 0.3 is 5.97 Å². The molecule has 0 aromatic heterocycles. The first kappa shape index (κ1) is 10.5. The van der Waals surface area contributed by atoms with E-state index in [9.17, 15) is 4.79 Å². The van der Waals surface area contributed by atoms with Gasteiger partial charge in [0.1, 0.15) is 6.10 Å². The van der Waals surface area contributed by atoms with Crippen molar-refractivity contribution >= 4 is 5.97 Å². The summed E-state index contributed by atoms with van der Waals surface area (Å²) in [5.74, 6) is -0.126. The van der Waals surface area contributed by atoms with Crippen LogP contribution < -0.4 is 5.32 Å². The molecule has 0 spiro atoms. The molecule has 0 aromatic carbocycles. The van der Waals surface area contributed by atoms with Crippen LogP contribution in [-0.4, -0.2) is 24.7 Å². The zero-order chi connectivity index (χ0) is 9.68. The molecule has 1 heterocycles. The van der Waals surface area contributed by atoms with E-state index in [0.29, 0.717) is 12.6 Å². The molecule has 3 nitrogen and oxygen atoms in total. The van der Waals surface area contributed by atoms with E-state index in [1.165, 1.54) is 19.3 Å². The lowest BCUT2D eigenvalue weighted by molar-refractivity contribution is -0.153. The highest BCUT2D eigenvalue weighted by Crippen LogP contribution is 2.12. The smallest absolute Gasteiger partial charge is 0.320 e. The molecule has 1 saturated heterocycles. The number of cyclic esters (lactones) is 1. The Labute approximate surface area is 79.8 Å². The molecule has 1 rings (SSSR count). The molecule has 0 saturated carbocycles. The third-order valence-corrected chi connectivity index (χ3v) is 2.51. The first-order chi connectivity index (χ1) is 6.24. The van der Waals surface area contributed by atoms with Crippen LogP contribution in [0.5, 0.6) is 0 Å². The van der Waals surface area contributed by atoms with Gasteiger partial charge in [0.05, 0.1) is 6.54 Å². The number of carbonyl (C=O) groups is 1. The minimum atomic E-state index is -0.126. The van der Waals surface area contributed by atoms with Crippen LogP contribution in [0.2, 0.25) is 0 Å². The highest BCUT2D eigenvalue weighted by molar-refractivity contribution is 5.72. The molecular formula is C10H19NO2. The molecule has 0 bridgehead atoms. The van der Waals surface area contributed by atoms with Gasteiger partial charge in [-0.2, -0.15) is 0 Å². The molecule has 0 amide bonds. The van der Waals surface area contributed by atoms with Crippen molar-refractivity contribution in [3.05, 3.63) is 0 Å². The van der Waals surface area contributed by atoms with Crippen LogP contribution in [0.1, 0.15) is 39.5 Å². The Morgan fingerprint density at radius 2 is 2.31 bits per heavy atom. The Hall–Kier alpha value is -0.570. The number of morpholine rings is 1. The first-order valence-electron chi connectivity index (χ1n) is 5.17. The van der Waals surface area contributed by atoms with Gasteiger partial charge in [-0.1, -0.05) is 26.2 Å². The summed E-state index contributed by atoms with van der Waals surface area (Å²) in [6.07, 6.45) is 4.87. The molecule has 1 aliphatic rings. The third kappa shape index (κ3) is 3.35. The molecule has 3 heteroatoms. The Bertz CT molecular complexity index is 170. The average Bonchev–Trinajstić information content (AvgIpc) is 2.09. The van der Waals surface area contributed by atoms with Gasteiger partial charge in [0.15, 0.2) is 0 Å². The summed E-state index contributed by atoms with van der Waals surface area (Å²) in [6, 6.07) is 0.365. The molecule has 76 valence electrons. The van der Waals surface area contributed by atoms with E-state index in [2.05, 4.69) is 12.2 Å². The van der Waals surface area contributed by atoms with Crippen LogP contribution in [0, 0.1) is 0 Å².